The maximum atomic E-state index is 9.65. The summed E-state index contributed by atoms with van der Waals surface area (Å²) < 4.78 is 0. The Morgan fingerprint density at radius 3 is 2.62 bits per heavy atom. The number of nitrogens with one attached hydrogen (secondary N) is 1. The van der Waals surface area contributed by atoms with E-state index in [1.165, 1.54) is 41.9 Å². The van der Waals surface area contributed by atoms with Crippen LogP contribution in [-0.4, -0.2) is 37.3 Å². The standard InChI is InChI=1S/C21H26N2O/c1-16-4-2-3-5-21(16)23-12-10-22(11-13-23)19-8-6-18-15-20(24)9-7-17(18)14-19/h2-5,7,9,15,19,24H,6,8,10-14H2,1H3/p+1/t19-/m1/s1. The Labute approximate surface area is 144 Å². The molecule has 0 radical (unpaired) electrons. The molecular weight excluding hydrogens is 296 g/mol. The van der Waals surface area contributed by atoms with E-state index in [1.54, 1.807) is 4.90 Å². The number of aryl methyl sites for hydroxylation is 2. The first-order chi connectivity index (χ1) is 11.7. The summed E-state index contributed by atoms with van der Waals surface area (Å²) >= 11 is 0. The van der Waals surface area contributed by atoms with Crippen LogP contribution < -0.4 is 9.80 Å². The average molecular weight is 323 g/mol. The van der Waals surface area contributed by atoms with Gasteiger partial charge >= 0.3 is 0 Å². The van der Waals surface area contributed by atoms with Gasteiger partial charge in [0.25, 0.3) is 0 Å². The highest BCUT2D eigenvalue weighted by atomic mass is 16.3. The van der Waals surface area contributed by atoms with Crippen molar-refractivity contribution in [2.75, 3.05) is 31.1 Å². The maximum Gasteiger partial charge on any atom is 0.115 e. The number of hydrogen-bond donors (Lipinski definition) is 2. The second-order valence-electron chi connectivity index (χ2n) is 7.32. The molecule has 0 amide bonds. The quantitative estimate of drug-likeness (QED) is 0.884. The molecule has 1 heterocycles. The van der Waals surface area contributed by atoms with Gasteiger partial charge in [0, 0.05) is 18.5 Å². The lowest BCUT2D eigenvalue weighted by atomic mass is 9.87. The smallest absolute Gasteiger partial charge is 0.115 e. The predicted octanol–water partition coefficient (Wildman–Crippen LogP) is 1.96. The van der Waals surface area contributed by atoms with Crippen LogP contribution in [0.2, 0.25) is 0 Å². The fourth-order valence-corrected chi connectivity index (χ4v) is 4.45. The predicted molar refractivity (Wildman–Crippen MR) is 98.0 cm³/mol. The van der Waals surface area contributed by atoms with Gasteiger partial charge in [0.05, 0.1) is 32.2 Å². The minimum absolute atomic E-state index is 0.409. The number of para-hydroxylation sites is 1. The van der Waals surface area contributed by atoms with Crippen molar-refractivity contribution in [2.24, 2.45) is 0 Å². The molecule has 3 heteroatoms. The number of aromatic hydroxyl groups is 1. The first-order valence-electron chi connectivity index (χ1n) is 9.16. The van der Waals surface area contributed by atoms with Crippen LogP contribution in [0.15, 0.2) is 42.5 Å². The van der Waals surface area contributed by atoms with Crippen molar-refractivity contribution < 1.29 is 10.0 Å². The van der Waals surface area contributed by atoms with E-state index in [0.717, 1.165) is 32.0 Å². The number of phenols is 1. The number of rotatable bonds is 2. The molecule has 1 aliphatic carbocycles. The lowest BCUT2D eigenvalue weighted by molar-refractivity contribution is -0.926. The van der Waals surface area contributed by atoms with Gasteiger partial charge in [0.1, 0.15) is 5.75 Å². The third kappa shape index (κ3) is 3.01. The summed E-state index contributed by atoms with van der Waals surface area (Å²) in [6.45, 7) is 6.97. The molecule has 0 bridgehead atoms. The molecule has 1 aliphatic heterocycles. The lowest BCUT2D eigenvalue weighted by Crippen LogP contribution is -3.18. The topological polar surface area (TPSA) is 27.9 Å². The van der Waals surface area contributed by atoms with E-state index < -0.39 is 0 Å². The van der Waals surface area contributed by atoms with Crippen LogP contribution in [0.25, 0.3) is 0 Å². The van der Waals surface area contributed by atoms with Crippen LogP contribution in [0.1, 0.15) is 23.1 Å². The first kappa shape index (κ1) is 15.5. The second kappa shape index (κ2) is 6.48. The van der Waals surface area contributed by atoms with Crippen molar-refractivity contribution >= 4 is 5.69 Å². The molecule has 1 saturated heterocycles. The third-order valence-corrected chi connectivity index (χ3v) is 5.86. The van der Waals surface area contributed by atoms with Crippen LogP contribution in [-0.2, 0) is 12.8 Å². The van der Waals surface area contributed by atoms with E-state index in [2.05, 4.69) is 42.2 Å². The second-order valence-corrected chi connectivity index (χ2v) is 7.32. The van der Waals surface area contributed by atoms with E-state index >= 15 is 0 Å². The number of anilines is 1. The minimum atomic E-state index is 0.409. The zero-order chi connectivity index (χ0) is 16.5. The van der Waals surface area contributed by atoms with Crippen LogP contribution >= 0.6 is 0 Å². The van der Waals surface area contributed by atoms with E-state index in [-0.39, 0.29) is 0 Å². The molecule has 1 fully saturated rings. The van der Waals surface area contributed by atoms with Crippen molar-refractivity contribution in [1.82, 2.24) is 0 Å². The van der Waals surface area contributed by atoms with Gasteiger partial charge in [-0.3, -0.25) is 0 Å². The number of piperazine rings is 1. The average Bonchev–Trinajstić information content (AvgIpc) is 2.62. The molecule has 4 rings (SSSR count). The highest BCUT2D eigenvalue weighted by Crippen LogP contribution is 2.24. The highest BCUT2D eigenvalue weighted by molar-refractivity contribution is 5.53. The molecule has 24 heavy (non-hydrogen) atoms. The van der Waals surface area contributed by atoms with Crippen LogP contribution in [0.3, 0.4) is 0 Å². The molecule has 2 N–H and O–H groups in total. The Bertz CT molecular complexity index is 720. The van der Waals surface area contributed by atoms with Crippen LogP contribution in [0.5, 0.6) is 5.75 Å². The van der Waals surface area contributed by atoms with Gasteiger partial charge in [-0.1, -0.05) is 24.3 Å². The van der Waals surface area contributed by atoms with Crippen LogP contribution in [0.4, 0.5) is 5.69 Å². The summed E-state index contributed by atoms with van der Waals surface area (Å²) in [4.78, 5) is 4.31. The zero-order valence-corrected chi connectivity index (χ0v) is 14.5. The number of phenolic OH excluding ortho intramolecular Hbond substituents is 1. The van der Waals surface area contributed by atoms with E-state index in [0.29, 0.717) is 5.75 Å². The summed E-state index contributed by atoms with van der Waals surface area (Å²) in [7, 11) is 0. The van der Waals surface area contributed by atoms with Crippen molar-refractivity contribution in [2.45, 2.75) is 32.2 Å². The number of benzene rings is 2. The highest BCUT2D eigenvalue weighted by Gasteiger charge is 2.30. The third-order valence-electron chi connectivity index (χ3n) is 5.86. The normalized spacial score (nSPS) is 21.5. The molecule has 3 nitrogen and oxygen atoms in total. The lowest BCUT2D eigenvalue weighted by Gasteiger charge is -2.39. The SMILES string of the molecule is Cc1ccccc1N1CC[NH+]([C@@H]2CCc3cc(O)ccc3C2)CC1. The Balaban J connectivity index is 1.40. The molecule has 126 valence electrons. The number of fused-ring (bicyclic) bond motifs is 1. The maximum absolute atomic E-state index is 9.65. The largest absolute Gasteiger partial charge is 0.508 e. The van der Waals surface area contributed by atoms with Crippen molar-refractivity contribution in [3.63, 3.8) is 0 Å². The van der Waals surface area contributed by atoms with Crippen molar-refractivity contribution in [3.8, 4) is 5.75 Å². The summed E-state index contributed by atoms with van der Waals surface area (Å²) in [5.41, 5.74) is 5.58. The molecular formula is C21H27N2O+. The van der Waals surface area contributed by atoms with Gasteiger partial charge in [-0.2, -0.15) is 0 Å². The monoisotopic (exact) mass is 323 g/mol. The summed E-state index contributed by atoms with van der Waals surface area (Å²) in [6, 6.07) is 15.4. The van der Waals surface area contributed by atoms with Gasteiger partial charge in [0.15, 0.2) is 0 Å². The fraction of sp³-hybridized carbons (Fsp3) is 0.429. The zero-order valence-electron chi connectivity index (χ0n) is 14.5. The van der Waals surface area contributed by atoms with Crippen LogP contribution in [0, 0.1) is 6.92 Å². The van der Waals surface area contributed by atoms with Gasteiger partial charge in [-0.05, 0) is 48.2 Å². The molecule has 0 saturated carbocycles. The Morgan fingerprint density at radius 1 is 1.04 bits per heavy atom. The van der Waals surface area contributed by atoms with E-state index in [1.807, 2.05) is 12.1 Å². The van der Waals surface area contributed by atoms with Crippen molar-refractivity contribution in [3.05, 3.63) is 59.2 Å². The summed E-state index contributed by atoms with van der Waals surface area (Å²) in [5, 5.41) is 9.65. The van der Waals surface area contributed by atoms with E-state index in [9.17, 15) is 5.11 Å². The fourth-order valence-electron chi connectivity index (χ4n) is 4.45. The summed E-state index contributed by atoms with van der Waals surface area (Å²) in [6.07, 6.45) is 3.52. The van der Waals surface area contributed by atoms with E-state index in [4.69, 9.17) is 0 Å². The Hall–Kier alpha value is -2.00. The Kier molecular flexibility index (Phi) is 4.19. The first-order valence-corrected chi connectivity index (χ1v) is 9.16. The van der Waals surface area contributed by atoms with Gasteiger partial charge < -0.3 is 14.9 Å². The van der Waals surface area contributed by atoms with Gasteiger partial charge in [-0.25, -0.2) is 0 Å². The molecule has 0 spiro atoms. The Morgan fingerprint density at radius 2 is 1.83 bits per heavy atom. The molecule has 2 aliphatic rings. The number of hydrogen-bond acceptors (Lipinski definition) is 2. The van der Waals surface area contributed by atoms with Crippen molar-refractivity contribution in [1.29, 1.82) is 0 Å². The van der Waals surface area contributed by atoms with Gasteiger partial charge in [0.2, 0.25) is 0 Å². The molecule has 2 aromatic rings. The molecule has 0 aromatic heterocycles. The number of nitrogens with zero attached hydrogens (tertiary/aromatic N) is 1. The molecule has 2 aromatic carbocycles. The molecule has 1 atom stereocenters. The minimum Gasteiger partial charge on any atom is -0.508 e. The molecule has 0 unspecified atom stereocenters. The number of quaternary nitrogens is 1. The summed E-state index contributed by atoms with van der Waals surface area (Å²) in [5.74, 6) is 0.409. The van der Waals surface area contributed by atoms with Gasteiger partial charge in [-0.15, -0.1) is 0 Å².